The number of nitrogens with zero attached hydrogens (tertiary/aromatic N) is 3. The maximum atomic E-state index is 13.0. The monoisotopic (exact) mass is 427 g/mol. The highest BCUT2D eigenvalue weighted by Crippen LogP contribution is 2.39. The van der Waals surface area contributed by atoms with E-state index in [0.29, 0.717) is 22.2 Å². The van der Waals surface area contributed by atoms with Crippen molar-refractivity contribution >= 4 is 23.8 Å². The molecule has 0 bridgehead atoms. The molecule has 2 aliphatic rings. The average molecular weight is 428 g/mol. The van der Waals surface area contributed by atoms with Gasteiger partial charge in [0.15, 0.2) is 0 Å². The van der Waals surface area contributed by atoms with Gasteiger partial charge in [0.05, 0.1) is 18.7 Å². The largest absolute Gasteiger partial charge is 0.466 e. The highest BCUT2D eigenvalue weighted by molar-refractivity contribution is 7.99. The molecule has 1 unspecified atom stereocenters. The number of hydrogen-bond acceptors (Lipinski definition) is 6. The third-order valence-corrected chi connectivity index (χ3v) is 6.05. The van der Waals surface area contributed by atoms with Gasteiger partial charge in [-0.3, -0.25) is 10.00 Å². The van der Waals surface area contributed by atoms with Crippen molar-refractivity contribution in [2.24, 2.45) is 0 Å². The molecule has 1 aromatic heterocycles. The third-order valence-electron chi connectivity index (χ3n) is 5.19. The summed E-state index contributed by atoms with van der Waals surface area (Å²) >= 11 is 1.40. The summed E-state index contributed by atoms with van der Waals surface area (Å²) in [5.41, 5.74) is 1.97. The molecule has 2 aromatic rings. The van der Waals surface area contributed by atoms with Crippen LogP contribution in [0.3, 0.4) is 0 Å². The van der Waals surface area contributed by atoms with Gasteiger partial charge in [0.1, 0.15) is 5.82 Å². The fourth-order valence-electron chi connectivity index (χ4n) is 3.51. The summed E-state index contributed by atoms with van der Waals surface area (Å²) in [5, 5.41) is 10.8. The Hall–Kier alpha value is -2.81. The fourth-order valence-corrected chi connectivity index (χ4v) is 4.34. The number of carbonyl (C=O) groups is 2. The predicted molar refractivity (Wildman–Crippen MR) is 113 cm³/mol. The van der Waals surface area contributed by atoms with Gasteiger partial charge < -0.3 is 10.1 Å². The van der Waals surface area contributed by atoms with E-state index in [2.05, 4.69) is 20.5 Å². The van der Waals surface area contributed by atoms with Crippen LogP contribution in [-0.4, -0.2) is 51.0 Å². The van der Waals surface area contributed by atoms with E-state index in [1.165, 1.54) is 18.9 Å². The molecule has 1 aromatic carbocycles. The van der Waals surface area contributed by atoms with E-state index in [9.17, 15) is 9.59 Å². The number of hydrogen-bond donors (Lipinski definition) is 2. The normalized spacial score (nSPS) is 19.3. The number of methoxy groups -OCH3 is 1. The first-order valence-corrected chi connectivity index (χ1v) is 11.0. The first kappa shape index (κ1) is 20.5. The van der Waals surface area contributed by atoms with E-state index in [-0.39, 0.29) is 18.0 Å². The number of aromatic amines is 1. The van der Waals surface area contributed by atoms with Crippen LogP contribution < -0.4 is 5.32 Å². The lowest BCUT2D eigenvalue weighted by Gasteiger charge is -2.36. The summed E-state index contributed by atoms with van der Waals surface area (Å²) in [5.74, 6) is 1.00. The maximum absolute atomic E-state index is 13.0. The van der Waals surface area contributed by atoms with Crippen molar-refractivity contribution < 1.29 is 14.3 Å². The Morgan fingerprint density at radius 1 is 1.30 bits per heavy atom. The number of esters is 1. The summed E-state index contributed by atoms with van der Waals surface area (Å²) in [4.78, 5) is 32.1. The molecule has 1 fully saturated rings. The number of rotatable bonds is 7. The van der Waals surface area contributed by atoms with Crippen LogP contribution in [0.2, 0.25) is 0 Å². The van der Waals surface area contributed by atoms with Gasteiger partial charge in [-0.1, -0.05) is 55.9 Å². The molecule has 158 valence electrons. The summed E-state index contributed by atoms with van der Waals surface area (Å²) < 4.78 is 5.12. The van der Waals surface area contributed by atoms with Crippen molar-refractivity contribution in [2.45, 2.75) is 49.8 Å². The smallest absolute Gasteiger partial charge is 0.338 e. The van der Waals surface area contributed by atoms with Gasteiger partial charge in [-0.15, -0.1) is 5.10 Å². The fraction of sp³-hybridized carbons (Fsp3) is 0.429. The Morgan fingerprint density at radius 3 is 2.63 bits per heavy atom. The minimum absolute atomic E-state index is 0.107. The highest BCUT2D eigenvalue weighted by atomic mass is 32.2. The van der Waals surface area contributed by atoms with Crippen molar-refractivity contribution in [3.63, 3.8) is 0 Å². The minimum atomic E-state index is -0.560. The summed E-state index contributed by atoms with van der Waals surface area (Å²) in [6.45, 7) is 4.08. The van der Waals surface area contributed by atoms with E-state index in [1.54, 1.807) is 4.90 Å². The van der Waals surface area contributed by atoms with Gasteiger partial charge in [-0.2, -0.15) is 0 Å². The molecule has 4 rings (SSSR count). The number of urea groups is 1. The number of benzene rings is 1. The van der Waals surface area contributed by atoms with Crippen molar-refractivity contribution in [3.05, 3.63) is 53.0 Å². The molecule has 30 heavy (non-hydrogen) atoms. The predicted octanol–water partition coefficient (Wildman–Crippen LogP) is 3.38. The Morgan fingerprint density at radius 2 is 2.03 bits per heavy atom. The molecule has 9 heteroatoms. The lowest BCUT2D eigenvalue weighted by molar-refractivity contribution is -0.136. The maximum Gasteiger partial charge on any atom is 0.338 e. The number of H-pyrrole nitrogens is 1. The molecule has 1 saturated carbocycles. The van der Waals surface area contributed by atoms with Gasteiger partial charge >= 0.3 is 12.0 Å². The lowest BCUT2D eigenvalue weighted by Crippen LogP contribution is -2.50. The molecular formula is C21H25N5O3S. The Balaban J connectivity index is 1.72. The van der Waals surface area contributed by atoms with Crippen molar-refractivity contribution in [3.8, 4) is 0 Å². The average Bonchev–Trinajstić information content (AvgIpc) is 3.47. The lowest BCUT2D eigenvalue weighted by atomic mass is 9.95. The van der Waals surface area contributed by atoms with E-state index in [1.807, 2.05) is 44.2 Å². The Kier molecular flexibility index (Phi) is 5.80. The van der Waals surface area contributed by atoms with Gasteiger partial charge in [0.25, 0.3) is 0 Å². The van der Waals surface area contributed by atoms with Gasteiger partial charge in [-0.05, 0) is 18.4 Å². The van der Waals surface area contributed by atoms with Crippen molar-refractivity contribution in [2.75, 3.05) is 12.9 Å². The summed E-state index contributed by atoms with van der Waals surface area (Å²) in [6, 6.07) is 8.83. The van der Waals surface area contributed by atoms with Gasteiger partial charge in [0, 0.05) is 23.4 Å². The van der Waals surface area contributed by atoms with Crippen LogP contribution in [0, 0.1) is 0 Å². The second-order valence-corrected chi connectivity index (χ2v) is 8.64. The zero-order valence-corrected chi connectivity index (χ0v) is 18.0. The molecule has 0 spiro atoms. The SMILES string of the molecule is COC(=O)C1=C(CSc2n[nH]c(C(C)C)n2)N(C2CC2)C(=O)NC1c1ccccc1. The van der Waals surface area contributed by atoms with Gasteiger partial charge in [-0.25, -0.2) is 14.6 Å². The molecular weight excluding hydrogens is 402 g/mol. The Bertz CT molecular complexity index is 968. The molecule has 8 nitrogen and oxygen atoms in total. The van der Waals surface area contributed by atoms with Crippen LogP contribution in [0.4, 0.5) is 4.79 Å². The molecule has 2 N–H and O–H groups in total. The van der Waals surface area contributed by atoms with Crippen LogP contribution in [-0.2, 0) is 9.53 Å². The quantitative estimate of drug-likeness (QED) is 0.519. The second-order valence-electron chi connectivity index (χ2n) is 7.69. The molecule has 0 saturated heterocycles. The highest BCUT2D eigenvalue weighted by Gasteiger charge is 2.44. The molecule has 1 atom stereocenters. The second kappa shape index (κ2) is 8.51. The Labute approximate surface area is 179 Å². The molecule has 2 amide bonds. The number of aromatic nitrogens is 3. The first-order chi connectivity index (χ1) is 14.5. The van der Waals surface area contributed by atoms with E-state index in [0.717, 1.165) is 24.2 Å². The van der Waals surface area contributed by atoms with Crippen LogP contribution in [0.15, 0.2) is 46.8 Å². The van der Waals surface area contributed by atoms with E-state index in [4.69, 9.17) is 4.74 Å². The van der Waals surface area contributed by atoms with Crippen LogP contribution in [0.1, 0.15) is 50.0 Å². The zero-order chi connectivity index (χ0) is 21.3. The van der Waals surface area contributed by atoms with Gasteiger partial charge in [0.2, 0.25) is 5.16 Å². The standard InChI is InChI=1S/C21H25N5O3S/c1-12(2)18-23-20(25-24-18)30-11-15-16(19(27)29-3)17(13-7-5-4-6-8-13)22-21(28)26(15)14-9-10-14/h4-8,12,14,17H,9-11H2,1-3H3,(H,22,28)(H,23,24,25). The molecule has 0 radical (unpaired) electrons. The van der Waals surface area contributed by atoms with Crippen LogP contribution in [0.5, 0.6) is 0 Å². The topological polar surface area (TPSA) is 100 Å². The van der Waals surface area contributed by atoms with E-state index < -0.39 is 12.0 Å². The first-order valence-electron chi connectivity index (χ1n) is 10.0. The minimum Gasteiger partial charge on any atom is -0.466 e. The van der Waals surface area contributed by atoms with Crippen molar-refractivity contribution in [1.29, 1.82) is 0 Å². The number of amides is 2. The summed E-state index contributed by atoms with van der Waals surface area (Å²) in [6.07, 6.45) is 1.84. The van der Waals surface area contributed by atoms with Crippen LogP contribution in [0.25, 0.3) is 0 Å². The number of thioether (sulfide) groups is 1. The number of ether oxygens (including phenoxy) is 1. The molecule has 1 aliphatic carbocycles. The molecule has 1 aliphatic heterocycles. The molecule has 2 heterocycles. The number of carbonyl (C=O) groups excluding carboxylic acids is 2. The number of nitrogens with one attached hydrogen (secondary N) is 2. The summed E-state index contributed by atoms with van der Waals surface area (Å²) in [7, 11) is 1.37. The van der Waals surface area contributed by atoms with Crippen molar-refractivity contribution in [1.82, 2.24) is 25.4 Å². The van der Waals surface area contributed by atoms with Crippen LogP contribution >= 0.6 is 11.8 Å². The van der Waals surface area contributed by atoms with E-state index >= 15 is 0 Å². The zero-order valence-electron chi connectivity index (χ0n) is 17.2. The third kappa shape index (κ3) is 4.07.